The van der Waals surface area contributed by atoms with Gasteiger partial charge in [-0.25, -0.2) is 4.79 Å². The van der Waals surface area contributed by atoms with Gasteiger partial charge in [-0.15, -0.1) is 0 Å². The number of hydrogen-bond acceptors (Lipinski definition) is 4. The van der Waals surface area contributed by atoms with Crippen LogP contribution in [0.25, 0.3) is 0 Å². The zero-order valence-corrected chi connectivity index (χ0v) is 8.80. The number of carbonyl (C=O) groups excluding carboxylic acids is 1. The predicted molar refractivity (Wildman–Crippen MR) is 55.5 cm³/mol. The summed E-state index contributed by atoms with van der Waals surface area (Å²) in [5.41, 5.74) is 0.371. The topological polar surface area (TPSA) is 72.8 Å². The Bertz CT molecular complexity index is 386. The van der Waals surface area contributed by atoms with Gasteiger partial charge in [0.05, 0.1) is 25.7 Å². The maximum Gasteiger partial charge on any atom is 0.337 e. The van der Waals surface area contributed by atoms with Crippen LogP contribution in [0.4, 0.5) is 0 Å². The minimum Gasteiger partial charge on any atom is -0.493 e. The first-order chi connectivity index (χ1) is 7.63. The standard InChI is InChI=1S/C11H12O5/c1-15-11(14)8-3-2-4-9(7-8)16-6-5-10(12)13/h2-4,7H,5-6H2,1H3,(H,12,13). The first kappa shape index (κ1) is 12.0. The number of carboxylic acid groups (broad SMARTS) is 1. The molecule has 1 N–H and O–H groups in total. The van der Waals surface area contributed by atoms with Crippen LogP contribution in [0.3, 0.4) is 0 Å². The van der Waals surface area contributed by atoms with Crippen molar-refractivity contribution in [3.8, 4) is 5.75 Å². The predicted octanol–water partition coefficient (Wildman–Crippen LogP) is 1.33. The van der Waals surface area contributed by atoms with Crippen LogP contribution in [0.5, 0.6) is 5.75 Å². The normalized spacial score (nSPS) is 9.56. The molecule has 0 radical (unpaired) electrons. The number of benzene rings is 1. The van der Waals surface area contributed by atoms with Gasteiger partial charge in [0.15, 0.2) is 0 Å². The summed E-state index contributed by atoms with van der Waals surface area (Å²) < 4.78 is 9.71. The Morgan fingerprint density at radius 2 is 2.12 bits per heavy atom. The lowest BCUT2D eigenvalue weighted by atomic mass is 10.2. The monoisotopic (exact) mass is 224 g/mol. The molecule has 0 saturated carbocycles. The van der Waals surface area contributed by atoms with E-state index in [-0.39, 0.29) is 13.0 Å². The molecule has 16 heavy (non-hydrogen) atoms. The minimum absolute atomic E-state index is 0.0694. The highest BCUT2D eigenvalue weighted by Crippen LogP contribution is 2.14. The van der Waals surface area contributed by atoms with Crippen molar-refractivity contribution in [3.63, 3.8) is 0 Å². The van der Waals surface area contributed by atoms with Crippen molar-refractivity contribution >= 4 is 11.9 Å². The molecule has 0 saturated heterocycles. The number of ether oxygens (including phenoxy) is 2. The SMILES string of the molecule is COC(=O)c1cccc(OCCC(=O)O)c1. The zero-order valence-electron chi connectivity index (χ0n) is 8.80. The lowest BCUT2D eigenvalue weighted by molar-refractivity contribution is -0.137. The number of hydrogen-bond donors (Lipinski definition) is 1. The Balaban J connectivity index is 2.60. The van der Waals surface area contributed by atoms with Crippen LogP contribution in [0.2, 0.25) is 0 Å². The highest BCUT2D eigenvalue weighted by atomic mass is 16.5. The molecule has 0 heterocycles. The summed E-state index contributed by atoms with van der Waals surface area (Å²) in [7, 11) is 1.29. The number of rotatable bonds is 5. The Morgan fingerprint density at radius 1 is 1.38 bits per heavy atom. The van der Waals surface area contributed by atoms with Crippen molar-refractivity contribution in [2.75, 3.05) is 13.7 Å². The molecule has 0 spiro atoms. The molecule has 0 fully saturated rings. The van der Waals surface area contributed by atoms with Gasteiger partial charge in [-0.3, -0.25) is 4.79 Å². The molecule has 0 aliphatic carbocycles. The highest BCUT2D eigenvalue weighted by Gasteiger charge is 2.06. The third-order valence-electron chi connectivity index (χ3n) is 1.84. The van der Waals surface area contributed by atoms with E-state index in [0.717, 1.165) is 0 Å². The van der Waals surface area contributed by atoms with Crippen LogP contribution in [-0.4, -0.2) is 30.8 Å². The second kappa shape index (κ2) is 5.75. The Hall–Kier alpha value is -2.04. The summed E-state index contributed by atoms with van der Waals surface area (Å²) in [5, 5.41) is 8.42. The summed E-state index contributed by atoms with van der Waals surface area (Å²) in [6.45, 7) is 0.0694. The van der Waals surface area contributed by atoms with Gasteiger partial charge in [0, 0.05) is 0 Å². The molecule has 0 aliphatic heterocycles. The first-order valence-corrected chi connectivity index (χ1v) is 4.66. The van der Waals surface area contributed by atoms with Crippen LogP contribution >= 0.6 is 0 Å². The van der Waals surface area contributed by atoms with Gasteiger partial charge in [0.2, 0.25) is 0 Å². The molecule has 1 aromatic rings. The number of esters is 1. The number of aliphatic carboxylic acids is 1. The molecule has 1 aromatic carbocycles. The second-order valence-corrected chi connectivity index (χ2v) is 3.01. The van der Waals surface area contributed by atoms with Crippen molar-refractivity contribution < 1.29 is 24.2 Å². The zero-order chi connectivity index (χ0) is 12.0. The molecule has 0 bridgehead atoms. The first-order valence-electron chi connectivity index (χ1n) is 4.66. The molecule has 1 rings (SSSR count). The molecule has 0 aromatic heterocycles. The van der Waals surface area contributed by atoms with Crippen LogP contribution in [0.1, 0.15) is 16.8 Å². The van der Waals surface area contributed by atoms with Crippen molar-refractivity contribution in [2.24, 2.45) is 0 Å². The van der Waals surface area contributed by atoms with Gasteiger partial charge in [-0.2, -0.15) is 0 Å². The average Bonchev–Trinajstić information content (AvgIpc) is 2.28. The maximum absolute atomic E-state index is 11.2. The smallest absolute Gasteiger partial charge is 0.337 e. The number of methoxy groups -OCH3 is 1. The molecule has 86 valence electrons. The van der Waals surface area contributed by atoms with Crippen LogP contribution in [0.15, 0.2) is 24.3 Å². The third-order valence-corrected chi connectivity index (χ3v) is 1.84. The van der Waals surface area contributed by atoms with Gasteiger partial charge in [0.1, 0.15) is 5.75 Å². The number of carbonyl (C=O) groups is 2. The molecule has 5 nitrogen and oxygen atoms in total. The van der Waals surface area contributed by atoms with Gasteiger partial charge >= 0.3 is 11.9 Å². The van der Waals surface area contributed by atoms with Gasteiger partial charge in [-0.05, 0) is 18.2 Å². The van der Waals surface area contributed by atoms with E-state index in [0.29, 0.717) is 11.3 Å². The van der Waals surface area contributed by atoms with Crippen molar-refractivity contribution in [3.05, 3.63) is 29.8 Å². The van der Waals surface area contributed by atoms with E-state index in [1.54, 1.807) is 18.2 Å². The quantitative estimate of drug-likeness (QED) is 0.764. The summed E-state index contributed by atoms with van der Waals surface area (Å²) >= 11 is 0. The Kier molecular flexibility index (Phi) is 4.32. The molecule has 0 aliphatic rings. The average molecular weight is 224 g/mol. The second-order valence-electron chi connectivity index (χ2n) is 3.01. The lowest BCUT2D eigenvalue weighted by Crippen LogP contribution is -2.06. The lowest BCUT2D eigenvalue weighted by Gasteiger charge is -2.05. The molecule has 0 amide bonds. The minimum atomic E-state index is -0.927. The van der Waals surface area contributed by atoms with E-state index < -0.39 is 11.9 Å². The van der Waals surface area contributed by atoms with E-state index in [9.17, 15) is 9.59 Å². The molecule has 5 heteroatoms. The summed E-state index contributed by atoms with van der Waals surface area (Å²) in [5.74, 6) is -0.933. The van der Waals surface area contributed by atoms with Crippen molar-refractivity contribution in [1.29, 1.82) is 0 Å². The fourth-order valence-corrected chi connectivity index (χ4v) is 1.09. The summed E-state index contributed by atoms with van der Waals surface area (Å²) in [6, 6.07) is 6.39. The van der Waals surface area contributed by atoms with E-state index in [1.807, 2.05) is 0 Å². The van der Waals surface area contributed by atoms with Crippen molar-refractivity contribution in [2.45, 2.75) is 6.42 Å². The molecule has 0 unspecified atom stereocenters. The maximum atomic E-state index is 11.2. The fourth-order valence-electron chi connectivity index (χ4n) is 1.09. The molecule has 0 atom stereocenters. The van der Waals surface area contributed by atoms with E-state index in [2.05, 4.69) is 4.74 Å². The fraction of sp³-hybridized carbons (Fsp3) is 0.273. The molecular weight excluding hydrogens is 212 g/mol. The van der Waals surface area contributed by atoms with Crippen molar-refractivity contribution in [1.82, 2.24) is 0 Å². The van der Waals surface area contributed by atoms with Crippen LogP contribution in [-0.2, 0) is 9.53 Å². The largest absolute Gasteiger partial charge is 0.493 e. The van der Waals surface area contributed by atoms with Gasteiger partial charge < -0.3 is 14.6 Å². The Morgan fingerprint density at radius 3 is 2.75 bits per heavy atom. The van der Waals surface area contributed by atoms with Crippen LogP contribution < -0.4 is 4.74 Å². The van der Waals surface area contributed by atoms with E-state index >= 15 is 0 Å². The summed E-state index contributed by atoms with van der Waals surface area (Å²) in [4.78, 5) is 21.4. The van der Waals surface area contributed by atoms with Crippen LogP contribution in [0, 0.1) is 0 Å². The van der Waals surface area contributed by atoms with E-state index in [1.165, 1.54) is 13.2 Å². The summed E-state index contributed by atoms with van der Waals surface area (Å²) in [6.07, 6.45) is -0.0809. The number of carboxylic acids is 1. The molecular formula is C11H12O5. The van der Waals surface area contributed by atoms with Gasteiger partial charge in [-0.1, -0.05) is 6.07 Å². The highest BCUT2D eigenvalue weighted by molar-refractivity contribution is 5.89. The Labute approximate surface area is 92.6 Å². The van der Waals surface area contributed by atoms with E-state index in [4.69, 9.17) is 9.84 Å². The van der Waals surface area contributed by atoms with Gasteiger partial charge in [0.25, 0.3) is 0 Å². The third kappa shape index (κ3) is 3.61.